The number of aryl methyl sites for hydroxylation is 2. The number of nitrogens with one attached hydrogen (secondary N) is 3. The van der Waals surface area contributed by atoms with Gasteiger partial charge < -0.3 is 9.97 Å². The summed E-state index contributed by atoms with van der Waals surface area (Å²) in [6.07, 6.45) is 3.58. The molecule has 0 fully saturated rings. The van der Waals surface area contributed by atoms with Gasteiger partial charge in [0, 0.05) is 28.9 Å². The number of rotatable bonds is 7. The molecule has 0 aliphatic rings. The number of pyridine rings is 1. The molecule has 0 radical (unpaired) electrons. The predicted molar refractivity (Wildman–Crippen MR) is 138 cm³/mol. The molecule has 3 N–H and O–H groups in total. The van der Waals surface area contributed by atoms with Crippen LogP contribution in [-0.2, 0) is 10.0 Å². The summed E-state index contributed by atoms with van der Waals surface area (Å²) in [6.45, 7) is 5.21. The van der Waals surface area contributed by atoms with Gasteiger partial charge in [-0.2, -0.15) is 0 Å². The SMILES string of the molecule is CCCS(=O)(=O)Nc1ccc(C)c(C(=O)c2c[nH]c3ncc(-c4ccc5nc(C)[nH]c5c4)cc23)c1F. The van der Waals surface area contributed by atoms with Crippen LogP contribution in [0.3, 0.4) is 0 Å². The van der Waals surface area contributed by atoms with E-state index >= 15 is 4.39 Å². The Morgan fingerprint density at radius 3 is 2.69 bits per heavy atom. The summed E-state index contributed by atoms with van der Waals surface area (Å²) in [5, 5.41) is 0.536. The number of fused-ring (bicyclic) bond motifs is 2. The number of aromatic nitrogens is 4. The number of sulfonamides is 1. The number of H-pyrrole nitrogens is 2. The number of ketones is 1. The van der Waals surface area contributed by atoms with Crippen LogP contribution in [0, 0.1) is 19.7 Å². The van der Waals surface area contributed by atoms with Crippen LogP contribution in [0.5, 0.6) is 0 Å². The second-order valence-corrected chi connectivity index (χ2v) is 10.6. The van der Waals surface area contributed by atoms with E-state index in [4.69, 9.17) is 0 Å². The molecule has 5 aromatic rings. The van der Waals surface area contributed by atoms with Crippen LogP contribution in [0.2, 0.25) is 0 Å². The van der Waals surface area contributed by atoms with Crippen molar-refractivity contribution in [1.82, 2.24) is 19.9 Å². The van der Waals surface area contributed by atoms with Crippen LogP contribution in [-0.4, -0.2) is 39.9 Å². The van der Waals surface area contributed by atoms with Crippen LogP contribution < -0.4 is 4.72 Å². The van der Waals surface area contributed by atoms with Crippen molar-refractivity contribution >= 4 is 43.6 Å². The summed E-state index contributed by atoms with van der Waals surface area (Å²) in [5.41, 5.74) is 4.09. The lowest BCUT2D eigenvalue weighted by Crippen LogP contribution is -2.18. The smallest absolute Gasteiger partial charge is 0.232 e. The highest BCUT2D eigenvalue weighted by Gasteiger charge is 2.24. The zero-order valence-electron chi connectivity index (χ0n) is 19.9. The molecule has 184 valence electrons. The lowest BCUT2D eigenvalue weighted by Gasteiger charge is -2.13. The van der Waals surface area contributed by atoms with Gasteiger partial charge in [0.15, 0.2) is 11.6 Å². The largest absolute Gasteiger partial charge is 0.345 e. The van der Waals surface area contributed by atoms with Gasteiger partial charge in [0.1, 0.15) is 11.5 Å². The van der Waals surface area contributed by atoms with Crippen LogP contribution >= 0.6 is 0 Å². The Morgan fingerprint density at radius 1 is 1.11 bits per heavy atom. The topological polar surface area (TPSA) is 121 Å². The molecular weight excluding hydrogens is 481 g/mol. The van der Waals surface area contributed by atoms with Crippen molar-refractivity contribution in [3.8, 4) is 11.1 Å². The average molecular weight is 506 g/mol. The van der Waals surface area contributed by atoms with Gasteiger partial charge in [-0.25, -0.2) is 22.8 Å². The Kier molecular flexibility index (Phi) is 5.83. The van der Waals surface area contributed by atoms with E-state index in [-0.39, 0.29) is 22.6 Å². The number of aromatic amines is 2. The first-order valence-electron chi connectivity index (χ1n) is 11.4. The van der Waals surface area contributed by atoms with Crippen molar-refractivity contribution in [2.75, 3.05) is 10.5 Å². The first kappa shape index (κ1) is 23.7. The van der Waals surface area contributed by atoms with E-state index in [1.807, 2.05) is 31.2 Å². The second-order valence-electron chi connectivity index (χ2n) is 8.75. The molecule has 0 saturated heterocycles. The molecule has 0 bridgehead atoms. The van der Waals surface area contributed by atoms with Crippen molar-refractivity contribution in [3.63, 3.8) is 0 Å². The van der Waals surface area contributed by atoms with Crippen molar-refractivity contribution in [2.45, 2.75) is 27.2 Å². The Morgan fingerprint density at radius 2 is 1.92 bits per heavy atom. The molecule has 0 aliphatic heterocycles. The lowest BCUT2D eigenvalue weighted by molar-refractivity contribution is 0.103. The van der Waals surface area contributed by atoms with E-state index in [1.165, 1.54) is 18.3 Å². The fourth-order valence-electron chi connectivity index (χ4n) is 4.32. The molecule has 36 heavy (non-hydrogen) atoms. The minimum atomic E-state index is -3.73. The zero-order valence-corrected chi connectivity index (χ0v) is 20.8. The van der Waals surface area contributed by atoms with E-state index < -0.39 is 21.6 Å². The molecule has 0 unspecified atom stereocenters. The molecule has 3 heterocycles. The maximum absolute atomic E-state index is 15.5. The Bertz CT molecular complexity index is 1750. The number of imidazole rings is 1. The summed E-state index contributed by atoms with van der Waals surface area (Å²) in [5.74, 6) is -0.805. The van der Waals surface area contributed by atoms with Crippen LogP contribution in [0.4, 0.5) is 10.1 Å². The summed E-state index contributed by atoms with van der Waals surface area (Å²) in [4.78, 5) is 28.6. The Balaban J connectivity index is 1.57. The zero-order chi connectivity index (χ0) is 25.6. The molecular formula is C26H24FN5O3S. The molecule has 10 heteroatoms. The molecule has 0 amide bonds. The van der Waals surface area contributed by atoms with Gasteiger partial charge in [-0.05, 0) is 55.7 Å². The van der Waals surface area contributed by atoms with Crippen molar-refractivity contribution in [1.29, 1.82) is 0 Å². The normalized spacial score (nSPS) is 11.9. The van der Waals surface area contributed by atoms with Crippen molar-refractivity contribution in [2.24, 2.45) is 0 Å². The first-order chi connectivity index (χ1) is 17.2. The summed E-state index contributed by atoms with van der Waals surface area (Å²) >= 11 is 0. The fourth-order valence-corrected chi connectivity index (χ4v) is 5.45. The van der Waals surface area contributed by atoms with Crippen molar-refractivity contribution < 1.29 is 17.6 Å². The number of hydrogen-bond donors (Lipinski definition) is 3. The molecule has 3 aromatic heterocycles. The molecule has 0 saturated carbocycles. The molecule has 5 rings (SSSR count). The van der Waals surface area contributed by atoms with Crippen LogP contribution in [0.25, 0.3) is 33.2 Å². The quantitative estimate of drug-likeness (QED) is 0.261. The highest BCUT2D eigenvalue weighted by Crippen LogP contribution is 2.30. The van der Waals surface area contributed by atoms with E-state index in [2.05, 4.69) is 24.7 Å². The second kappa shape index (κ2) is 8.87. The molecule has 2 aromatic carbocycles. The van der Waals surface area contributed by atoms with Gasteiger partial charge in [0.25, 0.3) is 0 Å². The Labute approximate surface area is 207 Å². The minimum Gasteiger partial charge on any atom is -0.345 e. The number of hydrogen-bond acceptors (Lipinski definition) is 5. The number of carbonyl (C=O) groups excluding carboxylic acids is 1. The van der Waals surface area contributed by atoms with Crippen LogP contribution in [0.15, 0.2) is 48.8 Å². The standard InChI is InChI=1S/C26H24FN5O3S/c1-4-9-36(34,35)32-21-7-5-14(2)23(24(21)27)25(33)19-13-29-26-18(19)10-17(12-28-26)16-6-8-20-22(11-16)31-15(3)30-20/h5-8,10-13,32H,4,9H2,1-3H3,(H,28,29)(H,30,31). The summed E-state index contributed by atoms with van der Waals surface area (Å²) in [7, 11) is -3.73. The van der Waals surface area contributed by atoms with E-state index in [0.717, 1.165) is 28.0 Å². The van der Waals surface area contributed by atoms with Gasteiger partial charge in [0.05, 0.1) is 28.0 Å². The summed E-state index contributed by atoms with van der Waals surface area (Å²) in [6, 6.07) is 10.5. The first-order valence-corrected chi connectivity index (χ1v) is 13.1. The Hall–Kier alpha value is -4.05. The minimum absolute atomic E-state index is 0.148. The monoisotopic (exact) mass is 505 g/mol. The van der Waals surface area contributed by atoms with E-state index in [9.17, 15) is 13.2 Å². The number of benzene rings is 2. The average Bonchev–Trinajstić information content (AvgIpc) is 3.42. The van der Waals surface area contributed by atoms with Crippen LogP contribution in [0.1, 0.15) is 40.7 Å². The van der Waals surface area contributed by atoms with E-state index in [1.54, 1.807) is 20.0 Å². The van der Waals surface area contributed by atoms with Crippen molar-refractivity contribution in [3.05, 3.63) is 77.1 Å². The number of anilines is 1. The maximum Gasteiger partial charge on any atom is 0.232 e. The number of halogens is 1. The van der Waals surface area contributed by atoms with Gasteiger partial charge in [-0.1, -0.05) is 19.1 Å². The molecule has 0 spiro atoms. The third-order valence-electron chi connectivity index (χ3n) is 6.03. The molecule has 8 nitrogen and oxygen atoms in total. The predicted octanol–water partition coefficient (Wildman–Crippen LogP) is 5.24. The third-order valence-corrected chi connectivity index (χ3v) is 7.50. The lowest BCUT2D eigenvalue weighted by atomic mass is 9.97. The fraction of sp³-hybridized carbons (Fsp3) is 0.192. The van der Waals surface area contributed by atoms with E-state index in [0.29, 0.717) is 23.0 Å². The number of nitrogens with zero attached hydrogens (tertiary/aromatic N) is 2. The van der Waals surface area contributed by atoms with Gasteiger partial charge >= 0.3 is 0 Å². The number of carbonyl (C=O) groups is 1. The van der Waals surface area contributed by atoms with Gasteiger partial charge in [-0.3, -0.25) is 9.52 Å². The van der Waals surface area contributed by atoms with Gasteiger partial charge in [0.2, 0.25) is 10.0 Å². The molecule has 0 atom stereocenters. The third kappa shape index (κ3) is 4.24. The summed E-state index contributed by atoms with van der Waals surface area (Å²) < 4.78 is 42.1. The molecule has 0 aliphatic carbocycles. The maximum atomic E-state index is 15.5. The van der Waals surface area contributed by atoms with Gasteiger partial charge in [-0.15, -0.1) is 0 Å². The highest BCUT2D eigenvalue weighted by atomic mass is 32.2. The highest BCUT2D eigenvalue weighted by molar-refractivity contribution is 7.92.